The molecule has 0 aromatic carbocycles. The van der Waals surface area contributed by atoms with E-state index in [1.165, 1.54) is 6.08 Å². The summed E-state index contributed by atoms with van der Waals surface area (Å²) in [7, 11) is -4.83. The third-order valence-electron chi connectivity index (χ3n) is 5.09. The Morgan fingerprint density at radius 2 is 1.90 bits per heavy atom. The van der Waals surface area contributed by atoms with E-state index in [9.17, 15) is 32.8 Å². The molecule has 1 rings (SSSR count). The van der Waals surface area contributed by atoms with Crippen molar-refractivity contribution in [2.75, 3.05) is 19.8 Å². The molecule has 1 aliphatic heterocycles. The summed E-state index contributed by atoms with van der Waals surface area (Å²) < 4.78 is 43.5. The first kappa shape index (κ1) is 26.5. The molecular formula is C19H33NO9S. The number of hydrogen-bond acceptors (Lipinski definition) is 8. The number of carbonyl (C=O) groups is 2. The first-order valence-electron chi connectivity index (χ1n) is 10.00. The summed E-state index contributed by atoms with van der Waals surface area (Å²) >= 11 is 0. The zero-order valence-electron chi connectivity index (χ0n) is 17.9. The van der Waals surface area contributed by atoms with Gasteiger partial charge in [0, 0.05) is 25.0 Å². The van der Waals surface area contributed by atoms with Gasteiger partial charge in [-0.25, -0.2) is 9.10 Å². The molecule has 5 atom stereocenters. The summed E-state index contributed by atoms with van der Waals surface area (Å²) in [5, 5.41) is 20.9. The molecule has 1 saturated heterocycles. The maximum absolute atomic E-state index is 12.3. The van der Waals surface area contributed by atoms with E-state index in [2.05, 4.69) is 0 Å². The molecule has 0 spiro atoms. The minimum absolute atomic E-state index is 0.0804. The molecule has 1 unspecified atom stereocenters. The van der Waals surface area contributed by atoms with Crippen molar-refractivity contribution in [1.29, 1.82) is 0 Å². The van der Waals surface area contributed by atoms with Crippen molar-refractivity contribution < 1.29 is 42.2 Å². The Balaban J connectivity index is 2.82. The Morgan fingerprint density at radius 3 is 2.43 bits per heavy atom. The molecule has 1 aliphatic rings. The predicted octanol–water partition coefficient (Wildman–Crippen LogP) is 0.690. The van der Waals surface area contributed by atoms with Crippen LogP contribution in [0.5, 0.6) is 0 Å². The molecule has 3 N–H and O–H groups in total. The number of esters is 1. The Hall–Kier alpha value is -1.53. The highest BCUT2D eigenvalue weighted by Gasteiger charge is 2.41. The maximum atomic E-state index is 12.3. The normalized spacial score (nSPS) is 26.2. The van der Waals surface area contributed by atoms with E-state index in [4.69, 9.17) is 9.47 Å². The van der Waals surface area contributed by atoms with Gasteiger partial charge in [0.25, 0.3) is 0 Å². The highest BCUT2D eigenvalue weighted by Crippen LogP contribution is 2.26. The number of rotatable bonds is 10. The quantitative estimate of drug-likeness (QED) is 0.247. The van der Waals surface area contributed by atoms with Gasteiger partial charge in [0.15, 0.2) is 0 Å². The van der Waals surface area contributed by atoms with Crippen molar-refractivity contribution in [3.05, 3.63) is 11.6 Å². The van der Waals surface area contributed by atoms with Crippen LogP contribution in [-0.4, -0.2) is 77.4 Å². The van der Waals surface area contributed by atoms with Crippen molar-refractivity contribution in [2.24, 2.45) is 11.8 Å². The average molecular weight is 452 g/mol. The SMILES string of the molecule is CCOC(=O)/C=C(\C)C[C@@H]1OC[C@@H](CN(C(=O)CC(C)CC)S(=O)(=O)O)[C@@H](O)[C@H]1O. The minimum Gasteiger partial charge on any atom is -0.463 e. The van der Waals surface area contributed by atoms with Crippen LogP contribution in [0.2, 0.25) is 0 Å². The highest BCUT2D eigenvalue weighted by molar-refractivity contribution is 7.84. The van der Waals surface area contributed by atoms with Crippen molar-refractivity contribution in [1.82, 2.24) is 4.31 Å². The number of ether oxygens (including phenoxy) is 2. The van der Waals surface area contributed by atoms with Crippen LogP contribution < -0.4 is 0 Å². The van der Waals surface area contributed by atoms with E-state index < -0.39 is 53.0 Å². The van der Waals surface area contributed by atoms with Gasteiger partial charge in [-0.05, 0) is 26.2 Å². The number of nitrogens with zero attached hydrogens (tertiary/aromatic N) is 1. The number of aliphatic hydroxyl groups is 2. The lowest BCUT2D eigenvalue weighted by atomic mass is 9.89. The predicted molar refractivity (Wildman–Crippen MR) is 108 cm³/mol. The second-order valence-corrected chi connectivity index (χ2v) is 9.02. The summed E-state index contributed by atoms with van der Waals surface area (Å²) in [6.07, 6.45) is -1.59. The summed E-state index contributed by atoms with van der Waals surface area (Å²) in [4.78, 5) is 23.8. The first-order chi connectivity index (χ1) is 13.9. The van der Waals surface area contributed by atoms with E-state index in [0.717, 1.165) is 0 Å². The summed E-state index contributed by atoms with van der Waals surface area (Å²) in [6, 6.07) is 0. The number of aliphatic hydroxyl groups excluding tert-OH is 2. The lowest BCUT2D eigenvalue weighted by Gasteiger charge is -2.39. The van der Waals surface area contributed by atoms with Crippen LogP contribution in [-0.2, 0) is 29.4 Å². The number of carbonyl (C=O) groups excluding carboxylic acids is 2. The molecule has 1 amide bonds. The van der Waals surface area contributed by atoms with Gasteiger partial charge >= 0.3 is 16.3 Å². The lowest BCUT2D eigenvalue weighted by molar-refractivity contribution is -0.166. The number of amides is 1. The van der Waals surface area contributed by atoms with Crippen LogP contribution >= 0.6 is 0 Å². The molecule has 10 nitrogen and oxygen atoms in total. The molecule has 0 aliphatic carbocycles. The second-order valence-electron chi connectivity index (χ2n) is 7.68. The third-order valence-corrected chi connectivity index (χ3v) is 6.00. The highest BCUT2D eigenvalue weighted by atomic mass is 32.2. The van der Waals surface area contributed by atoms with E-state index >= 15 is 0 Å². The van der Waals surface area contributed by atoms with Gasteiger partial charge in [-0.15, -0.1) is 0 Å². The zero-order chi connectivity index (χ0) is 23.1. The first-order valence-corrected chi connectivity index (χ1v) is 11.4. The van der Waals surface area contributed by atoms with Crippen LogP contribution in [0.25, 0.3) is 0 Å². The lowest BCUT2D eigenvalue weighted by Crippen LogP contribution is -2.54. The van der Waals surface area contributed by atoms with Crippen molar-refractivity contribution >= 4 is 22.2 Å². The Kier molecular flexibility index (Phi) is 10.4. The van der Waals surface area contributed by atoms with Crippen molar-refractivity contribution in [3.8, 4) is 0 Å². The Bertz CT molecular complexity index is 722. The fourth-order valence-corrected chi connectivity index (χ4v) is 3.84. The Morgan fingerprint density at radius 1 is 1.27 bits per heavy atom. The van der Waals surface area contributed by atoms with Crippen molar-refractivity contribution in [3.63, 3.8) is 0 Å². The van der Waals surface area contributed by atoms with E-state index in [0.29, 0.717) is 16.3 Å². The van der Waals surface area contributed by atoms with Gasteiger partial charge in [-0.2, -0.15) is 8.42 Å². The van der Waals surface area contributed by atoms with E-state index in [1.54, 1.807) is 20.8 Å². The van der Waals surface area contributed by atoms with Gasteiger partial charge in [-0.3, -0.25) is 9.35 Å². The molecule has 174 valence electrons. The molecule has 1 heterocycles. The smallest absolute Gasteiger partial charge is 0.362 e. The van der Waals surface area contributed by atoms with Gasteiger partial charge < -0.3 is 19.7 Å². The molecule has 0 aromatic rings. The summed E-state index contributed by atoms with van der Waals surface area (Å²) in [6.45, 7) is 6.52. The van der Waals surface area contributed by atoms with E-state index in [1.807, 2.05) is 6.92 Å². The molecule has 0 radical (unpaired) electrons. The summed E-state index contributed by atoms with van der Waals surface area (Å²) in [5.41, 5.74) is 0.575. The average Bonchev–Trinajstić information content (AvgIpc) is 2.63. The third kappa shape index (κ3) is 7.95. The van der Waals surface area contributed by atoms with Crippen molar-refractivity contribution in [2.45, 2.75) is 65.3 Å². The van der Waals surface area contributed by atoms with E-state index in [-0.39, 0.29) is 32.0 Å². The van der Waals surface area contributed by atoms with Gasteiger partial charge in [0.05, 0.1) is 25.4 Å². The minimum atomic E-state index is -4.83. The topological polar surface area (TPSA) is 151 Å². The maximum Gasteiger partial charge on any atom is 0.362 e. The zero-order valence-corrected chi connectivity index (χ0v) is 18.7. The fourth-order valence-electron chi connectivity index (χ4n) is 3.13. The fraction of sp³-hybridized carbons (Fsp3) is 0.789. The molecular weight excluding hydrogens is 418 g/mol. The molecule has 11 heteroatoms. The van der Waals surface area contributed by atoms with Crippen LogP contribution in [0.15, 0.2) is 11.6 Å². The monoisotopic (exact) mass is 451 g/mol. The van der Waals surface area contributed by atoms with Crippen LogP contribution in [0, 0.1) is 11.8 Å². The van der Waals surface area contributed by atoms with Gasteiger partial charge in [0.2, 0.25) is 5.91 Å². The number of hydrogen-bond donors (Lipinski definition) is 3. The van der Waals surface area contributed by atoms with Gasteiger partial charge in [-0.1, -0.05) is 25.8 Å². The molecule has 30 heavy (non-hydrogen) atoms. The largest absolute Gasteiger partial charge is 0.463 e. The van der Waals surface area contributed by atoms with Gasteiger partial charge in [0.1, 0.15) is 6.10 Å². The standard InChI is InChI=1S/C19H33NO9S/c1-5-12(3)8-16(21)20(30(25,26)27)10-14-11-29-15(19(24)18(14)23)7-13(4)9-17(22)28-6-2/h9,12,14-15,18-19,23-24H,5-8,10-11H2,1-4H3,(H,25,26,27)/b13-9+/t12?,14-,15+,18-,19+/m1/s1. The molecule has 0 aromatic heterocycles. The van der Waals surface area contributed by atoms with Crippen LogP contribution in [0.3, 0.4) is 0 Å². The van der Waals surface area contributed by atoms with Crippen LogP contribution in [0.1, 0.15) is 47.0 Å². The molecule has 1 fully saturated rings. The van der Waals surface area contributed by atoms with Crippen LogP contribution in [0.4, 0.5) is 0 Å². The molecule has 0 bridgehead atoms. The molecule has 0 saturated carbocycles. The summed E-state index contributed by atoms with van der Waals surface area (Å²) in [5.74, 6) is -2.32. The Labute approximate surface area is 177 Å². The second kappa shape index (κ2) is 11.8.